The number of nitrogens with one attached hydrogen (secondary N) is 2. The van der Waals surface area contributed by atoms with E-state index in [0.717, 1.165) is 22.9 Å². The predicted molar refractivity (Wildman–Crippen MR) is 127 cm³/mol. The van der Waals surface area contributed by atoms with E-state index in [1.165, 1.54) is 4.90 Å². The molecule has 11 heteroatoms. The van der Waals surface area contributed by atoms with Gasteiger partial charge in [-0.2, -0.15) is 0 Å². The van der Waals surface area contributed by atoms with Crippen molar-refractivity contribution in [3.8, 4) is 11.4 Å². The van der Waals surface area contributed by atoms with Gasteiger partial charge in [-0.25, -0.2) is 27.9 Å². The Bertz CT molecular complexity index is 1420. The fourth-order valence-electron chi connectivity index (χ4n) is 4.81. The van der Waals surface area contributed by atoms with Crippen molar-refractivity contribution in [3.63, 3.8) is 0 Å². The molecule has 2 amide bonds. The Hall–Kier alpha value is -4.15. The van der Waals surface area contributed by atoms with Crippen LogP contribution in [0.25, 0.3) is 11.4 Å². The van der Waals surface area contributed by atoms with Gasteiger partial charge in [-0.05, 0) is 47.4 Å². The van der Waals surface area contributed by atoms with Crippen molar-refractivity contribution in [2.24, 2.45) is 0 Å². The van der Waals surface area contributed by atoms with E-state index < -0.39 is 36.8 Å². The standard InChI is InChI=1S/C26H22F3N5O3/c27-21-11-31-22(33-23(21)32-18-3-4-20-14(8-18)5-6-30-24(20)35)15-1-2-16-12-34(13-17(16)7-15)25(36)37-19-9-26(28,29)10-19/h1-4,7-8,11,19H,5-6,9-10,12-13H2,(H,30,35)(H,31,32,33). The average molecular weight is 509 g/mol. The van der Waals surface area contributed by atoms with E-state index in [1.54, 1.807) is 18.2 Å². The largest absolute Gasteiger partial charge is 0.446 e. The van der Waals surface area contributed by atoms with Crippen molar-refractivity contribution in [1.29, 1.82) is 0 Å². The fourth-order valence-corrected chi connectivity index (χ4v) is 4.81. The molecule has 1 aromatic heterocycles. The van der Waals surface area contributed by atoms with E-state index in [1.807, 2.05) is 18.2 Å². The molecule has 2 N–H and O–H groups in total. The van der Waals surface area contributed by atoms with E-state index in [0.29, 0.717) is 42.1 Å². The van der Waals surface area contributed by atoms with Crippen molar-refractivity contribution in [2.45, 2.75) is 44.4 Å². The van der Waals surface area contributed by atoms with E-state index >= 15 is 0 Å². The number of benzene rings is 2. The number of anilines is 2. The smallest absolute Gasteiger partial charge is 0.410 e. The first-order valence-electron chi connectivity index (χ1n) is 11.9. The molecule has 6 rings (SSSR count). The maximum atomic E-state index is 14.6. The zero-order valence-corrected chi connectivity index (χ0v) is 19.6. The summed E-state index contributed by atoms with van der Waals surface area (Å²) in [6, 6.07) is 10.6. The van der Waals surface area contributed by atoms with Crippen molar-refractivity contribution in [1.82, 2.24) is 20.2 Å². The number of ether oxygens (including phenoxy) is 1. The second-order valence-electron chi connectivity index (χ2n) is 9.50. The zero-order valence-electron chi connectivity index (χ0n) is 19.6. The number of nitrogens with zero attached hydrogens (tertiary/aromatic N) is 3. The molecule has 0 bridgehead atoms. The van der Waals surface area contributed by atoms with Gasteiger partial charge in [0.05, 0.1) is 6.20 Å². The topological polar surface area (TPSA) is 96.5 Å². The van der Waals surface area contributed by atoms with Crippen LogP contribution >= 0.6 is 0 Å². The molecule has 2 aromatic carbocycles. The summed E-state index contributed by atoms with van der Waals surface area (Å²) in [5.74, 6) is -3.23. The highest BCUT2D eigenvalue weighted by Gasteiger charge is 2.48. The number of aromatic nitrogens is 2. The van der Waals surface area contributed by atoms with Crippen LogP contribution < -0.4 is 10.6 Å². The minimum Gasteiger partial charge on any atom is -0.446 e. The first-order chi connectivity index (χ1) is 17.7. The third kappa shape index (κ3) is 4.56. The number of alkyl halides is 2. The number of hydrogen-bond donors (Lipinski definition) is 2. The molecule has 3 aromatic rings. The molecular weight excluding hydrogens is 487 g/mol. The molecule has 1 fully saturated rings. The van der Waals surface area contributed by atoms with E-state index in [9.17, 15) is 22.8 Å². The Balaban J connectivity index is 1.17. The third-order valence-electron chi connectivity index (χ3n) is 6.80. The van der Waals surface area contributed by atoms with Crippen LogP contribution in [0.1, 0.15) is 39.9 Å². The summed E-state index contributed by atoms with van der Waals surface area (Å²) >= 11 is 0. The van der Waals surface area contributed by atoms with Gasteiger partial charge < -0.3 is 15.4 Å². The molecule has 8 nitrogen and oxygen atoms in total. The number of amides is 2. The van der Waals surface area contributed by atoms with Gasteiger partial charge in [0.15, 0.2) is 17.5 Å². The Morgan fingerprint density at radius 3 is 2.73 bits per heavy atom. The second-order valence-corrected chi connectivity index (χ2v) is 9.50. The van der Waals surface area contributed by atoms with E-state index in [2.05, 4.69) is 20.6 Å². The number of fused-ring (bicyclic) bond motifs is 2. The second kappa shape index (κ2) is 8.75. The summed E-state index contributed by atoms with van der Waals surface area (Å²) in [5, 5.41) is 5.77. The maximum absolute atomic E-state index is 14.6. The molecule has 2 aliphatic heterocycles. The quantitative estimate of drug-likeness (QED) is 0.535. The first kappa shape index (κ1) is 23.3. The molecule has 0 spiro atoms. The molecule has 1 aliphatic carbocycles. The number of rotatable bonds is 4. The molecule has 0 atom stereocenters. The highest BCUT2D eigenvalue weighted by molar-refractivity contribution is 5.97. The van der Waals surface area contributed by atoms with Gasteiger partial charge in [0.25, 0.3) is 11.8 Å². The van der Waals surface area contributed by atoms with Crippen molar-refractivity contribution < 1.29 is 27.5 Å². The number of halogens is 3. The molecule has 3 heterocycles. The summed E-state index contributed by atoms with van der Waals surface area (Å²) in [5.41, 5.74) is 4.46. The molecule has 3 aliphatic rings. The molecule has 37 heavy (non-hydrogen) atoms. The number of carbonyl (C=O) groups excluding carboxylic acids is 2. The van der Waals surface area contributed by atoms with Crippen LogP contribution in [-0.2, 0) is 24.2 Å². The summed E-state index contributed by atoms with van der Waals surface area (Å²) in [4.78, 5) is 34.3. The minimum atomic E-state index is -2.76. The van der Waals surface area contributed by atoms with Gasteiger partial charge in [-0.1, -0.05) is 12.1 Å². The maximum Gasteiger partial charge on any atom is 0.410 e. The Labute approximate surface area is 209 Å². The van der Waals surface area contributed by atoms with Gasteiger partial charge in [0.1, 0.15) is 6.10 Å². The van der Waals surface area contributed by atoms with Crippen LogP contribution in [0.3, 0.4) is 0 Å². The van der Waals surface area contributed by atoms with Gasteiger partial charge in [-0.3, -0.25) is 9.69 Å². The summed E-state index contributed by atoms with van der Waals surface area (Å²) in [7, 11) is 0. The van der Waals surface area contributed by atoms with Crippen LogP contribution in [0, 0.1) is 5.82 Å². The van der Waals surface area contributed by atoms with Crippen LogP contribution in [0.2, 0.25) is 0 Å². The van der Waals surface area contributed by atoms with Crippen molar-refractivity contribution >= 4 is 23.5 Å². The predicted octanol–water partition coefficient (Wildman–Crippen LogP) is 4.56. The summed E-state index contributed by atoms with van der Waals surface area (Å²) in [6.07, 6.45) is -0.494. The highest BCUT2D eigenvalue weighted by atomic mass is 19.3. The lowest BCUT2D eigenvalue weighted by Gasteiger charge is -2.34. The molecule has 0 radical (unpaired) electrons. The molecule has 190 valence electrons. The van der Waals surface area contributed by atoms with Gasteiger partial charge in [0.2, 0.25) is 0 Å². The average Bonchev–Trinajstić information content (AvgIpc) is 3.28. The number of carbonyl (C=O) groups is 2. The summed E-state index contributed by atoms with van der Waals surface area (Å²) < 4.78 is 45.8. The fraction of sp³-hybridized carbons (Fsp3) is 0.308. The van der Waals surface area contributed by atoms with Gasteiger partial charge >= 0.3 is 6.09 Å². The lowest BCUT2D eigenvalue weighted by molar-refractivity contribution is -0.148. The van der Waals surface area contributed by atoms with Gasteiger partial charge in [0, 0.05) is 49.3 Å². The highest BCUT2D eigenvalue weighted by Crippen LogP contribution is 2.40. The first-order valence-corrected chi connectivity index (χ1v) is 11.9. The molecule has 0 saturated heterocycles. The normalized spacial score (nSPS) is 17.9. The summed E-state index contributed by atoms with van der Waals surface area (Å²) in [6.45, 7) is 1.12. The SMILES string of the molecule is O=C1NCCc2cc(Nc3nc(-c4ccc5c(c4)CN(C(=O)OC4CC(F)(F)C4)C5)ncc3F)ccc21. The Kier molecular flexibility index (Phi) is 5.50. The zero-order chi connectivity index (χ0) is 25.7. The molecular formula is C26H22F3N5O3. The lowest BCUT2D eigenvalue weighted by Crippen LogP contribution is -2.44. The van der Waals surface area contributed by atoms with Crippen molar-refractivity contribution in [3.05, 3.63) is 70.7 Å². The van der Waals surface area contributed by atoms with Crippen molar-refractivity contribution in [2.75, 3.05) is 11.9 Å². The lowest BCUT2D eigenvalue weighted by atomic mass is 9.91. The van der Waals surface area contributed by atoms with E-state index in [-0.39, 0.29) is 18.3 Å². The monoisotopic (exact) mass is 509 g/mol. The molecule has 0 unspecified atom stereocenters. The van der Waals surface area contributed by atoms with Crippen LogP contribution in [0.5, 0.6) is 0 Å². The van der Waals surface area contributed by atoms with Crippen LogP contribution in [0.15, 0.2) is 42.6 Å². The Morgan fingerprint density at radius 2 is 1.92 bits per heavy atom. The van der Waals surface area contributed by atoms with Crippen LogP contribution in [-0.4, -0.2) is 45.4 Å². The minimum absolute atomic E-state index is 0.00628. The van der Waals surface area contributed by atoms with E-state index in [4.69, 9.17) is 4.74 Å². The molecule has 1 saturated carbocycles. The van der Waals surface area contributed by atoms with Crippen LogP contribution in [0.4, 0.5) is 29.5 Å². The van der Waals surface area contributed by atoms with Gasteiger partial charge in [-0.15, -0.1) is 0 Å². The third-order valence-corrected chi connectivity index (χ3v) is 6.80. The Morgan fingerprint density at radius 1 is 1.11 bits per heavy atom. The number of hydrogen-bond acceptors (Lipinski definition) is 6.